The van der Waals surface area contributed by atoms with Crippen LogP contribution in [0.2, 0.25) is 0 Å². The lowest BCUT2D eigenvalue weighted by atomic mass is 10.1. The Kier molecular flexibility index (Phi) is 3.97. The Morgan fingerprint density at radius 1 is 1.47 bits per heavy atom. The quantitative estimate of drug-likeness (QED) is 0.747. The predicted molar refractivity (Wildman–Crippen MR) is 68.9 cm³/mol. The Morgan fingerprint density at radius 3 is 2.94 bits per heavy atom. The minimum Gasteiger partial charge on any atom is -0.331 e. The first kappa shape index (κ1) is 12.7. The summed E-state index contributed by atoms with van der Waals surface area (Å²) in [4.78, 5) is 27.6. The van der Waals surface area contributed by atoms with Crippen molar-refractivity contribution in [3.05, 3.63) is 0 Å². The Labute approximate surface area is 107 Å². The van der Waals surface area contributed by atoms with Crippen molar-refractivity contribution < 1.29 is 9.59 Å². The number of thioether (sulfide) groups is 1. The molecule has 2 amide bonds. The zero-order valence-electron chi connectivity index (χ0n) is 10.5. The van der Waals surface area contributed by atoms with Crippen LogP contribution in [0.5, 0.6) is 0 Å². The summed E-state index contributed by atoms with van der Waals surface area (Å²) in [5.41, 5.74) is 0. The molecular weight excluding hydrogens is 236 g/mol. The highest BCUT2D eigenvalue weighted by Gasteiger charge is 2.41. The smallest absolute Gasteiger partial charge is 0.245 e. The molecule has 2 aliphatic heterocycles. The molecule has 2 rings (SSSR count). The van der Waals surface area contributed by atoms with Crippen molar-refractivity contribution in [1.29, 1.82) is 0 Å². The summed E-state index contributed by atoms with van der Waals surface area (Å²) >= 11 is 1.79. The van der Waals surface area contributed by atoms with Gasteiger partial charge in [-0.3, -0.25) is 9.59 Å². The van der Waals surface area contributed by atoms with E-state index in [-0.39, 0.29) is 24.4 Å². The van der Waals surface area contributed by atoms with E-state index in [9.17, 15) is 9.59 Å². The Morgan fingerprint density at radius 2 is 2.24 bits per heavy atom. The van der Waals surface area contributed by atoms with E-state index in [2.05, 4.69) is 13.2 Å². The lowest BCUT2D eigenvalue weighted by Crippen LogP contribution is -2.58. The second-order valence-electron chi connectivity index (χ2n) is 5.02. The number of amides is 2. The monoisotopic (exact) mass is 256 g/mol. The molecule has 4 nitrogen and oxygen atoms in total. The molecule has 0 aromatic rings. The number of rotatable bonds is 4. The molecule has 0 aliphatic carbocycles. The van der Waals surface area contributed by atoms with Gasteiger partial charge in [-0.1, -0.05) is 6.92 Å². The maximum absolute atomic E-state index is 12.2. The Balaban J connectivity index is 1.99. The van der Waals surface area contributed by atoms with Crippen molar-refractivity contribution in [2.45, 2.75) is 25.8 Å². The molecule has 2 saturated heterocycles. The predicted octanol–water partition coefficient (Wildman–Crippen LogP) is 0.819. The fourth-order valence-corrected chi connectivity index (χ4v) is 3.41. The zero-order chi connectivity index (χ0) is 12.4. The van der Waals surface area contributed by atoms with E-state index in [0.29, 0.717) is 5.92 Å². The second-order valence-corrected chi connectivity index (χ2v) is 5.94. The molecule has 2 unspecified atom stereocenters. The summed E-state index contributed by atoms with van der Waals surface area (Å²) in [6, 6.07) is -0.155. The van der Waals surface area contributed by atoms with Crippen LogP contribution in [0.4, 0.5) is 0 Å². The molecule has 0 radical (unpaired) electrons. The van der Waals surface area contributed by atoms with Crippen LogP contribution in [-0.4, -0.2) is 59.3 Å². The van der Waals surface area contributed by atoms with Crippen LogP contribution in [0, 0.1) is 5.92 Å². The van der Waals surface area contributed by atoms with E-state index >= 15 is 0 Å². The first-order chi connectivity index (χ1) is 8.13. The van der Waals surface area contributed by atoms with Gasteiger partial charge in [0.1, 0.15) is 6.04 Å². The van der Waals surface area contributed by atoms with Crippen LogP contribution < -0.4 is 0 Å². The third kappa shape index (κ3) is 2.59. The minimum atomic E-state index is -0.155. The number of piperazine rings is 1. The van der Waals surface area contributed by atoms with Gasteiger partial charge in [-0.05, 0) is 30.8 Å². The van der Waals surface area contributed by atoms with Gasteiger partial charge in [-0.25, -0.2) is 0 Å². The molecule has 0 bridgehead atoms. The van der Waals surface area contributed by atoms with Crippen molar-refractivity contribution in [2.75, 3.05) is 31.6 Å². The highest BCUT2D eigenvalue weighted by molar-refractivity contribution is 7.98. The second kappa shape index (κ2) is 5.29. The fraction of sp³-hybridized carbons (Fsp3) is 0.833. The third-order valence-electron chi connectivity index (χ3n) is 3.48. The summed E-state index contributed by atoms with van der Waals surface area (Å²) in [6.07, 6.45) is 3.88. The van der Waals surface area contributed by atoms with Crippen molar-refractivity contribution in [2.24, 2.45) is 5.92 Å². The van der Waals surface area contributed by atoms with Gasteiger partial charge in [0.25, 0.3) is 0 Å². The number of carbonyl (C=O) groups is 2. The highest BCUT2D eigenvalue weighted by atomic mass is 32.2. The topological polar surface area (TPSA) is 40.6 Å². The van der Waals surface area contributed by atoms with E-state index < -0.39 is 0 Å². The van der Waals surface area contributed by atoms with Crippen molar-refractivity contribution in [1.82, 2.24) is 9.80 Å². The van der Waals surface area contributed by atoms with Gasteiger partial charge < -0.3 is 9.80 Å². The first-order valence-corrected chi connectivity index (χ1v) is 7.60. The van der Waals surface area contributed by atoms with E-state index in [0.717, 1.165) is 31.7 Å². The molecule has 2 aliphatic rings. The average molecular weight is 256 g/mol. The van der Waals surface area contributed by atoms with Crippen LogP contribution >= 0.6 is 11.8 Å². The van der Waals surface area contributed by atoms with Gasteiger partial charge in [0.15, 0.2) is 0 Å². The lowest BCUT2D eigenvalue weighted by Gasteiger charge is -2.37. The van der Waals surface area contributed by atoms with Crippen LogP contribution in [0.1, 0.15) is 19.8 Å². The number of hydrogen-bond donors (Lipinski definition) is 0. The van der Waals surface area contributed by atoms with Crippen LogP contribution in [0.3, 0.4) is 0 Å². The molecular formula is C12H20N2O2S. The maximum atomic E-state index is 12.2. The third-order valence-corrected chi connectivity index (χ3v) is 4.38. The number of hydrogen-bond acceptors (Lipinski definition) is 3. The SMILES string of the molecule is CSCC(C)CN1CC(=O)N2CCCC2C1=O. The van der Waals surface area contributed by atoms with Gasteiger partial charge in [-0.15, -0.1) is 0 Å². The molecule has 2 fully saturated rings. The lowest BCUT2D eigenvalue weighted by molar-refractivity contribution is -0.153. The minimum absolute atomic E-state index is 0.128. The van der Waals surface area contributed by atoms with Gasteiger partial charge in [-0.2, -0.15) is 11.8 Å². The normalized spacial score (nSPS) is 26.4. The molecule has 0 aromatic heterocycles. The molecule has 5 heteroatoms. The van der Waals surface area contributed by atoms with Crippen molar-refractivity contribution in [3.63, 3.8) is 0 Å². The maximum Gasteiger partial charge on any atom is 0.245 e. The molecule has 17 heavy (non-hydrogen) atoms. The largest absolute Gasteiger partial charge is 0.331 e. The molecule has 0 saturated carbocycles. The molecule has 2 heterocycles. The van der Waals surface area contributed by atoms with E-state index in [1.54, 1.807) is 21.6 Å². The van der Waals surface area contributed by atoms with Crippen molar-refractivity contribution >= 4 is 23.6 Å². The number of fused-ring (bicyclic) bond motifs is 1. The molecule has 0 aromatic carbocycles. The standard InChI is InChI=1S/C12H20N2O2S/c1-9(8-17-2)6-13-7-11(15)14-5-3-4-10(14)12(13)16/h9-10H,3-8H2,1-2H3. The Bertz CT molecular complexity index is 322. The van der Waals surface area contributed by atoms with Gasteiger partial charge in [0, 0.05) is 13.1 Å². The van der Waals surface area contributed by atoms with Gasteiger partial charge in [0.05, 0.1) is 6.54 Å². The van der Waals surface area contributed by atoms with E-state index in [1.807, 2.05) is 0 Å². The summed E-state index contributed by atoms with van der Waals surface area (Å²) in [5, 5.41) is 0. The summed E-state index contributed by atoms with van der Waals surface area (Å²) in [5.74, 6) is 1.78. The fourth-order valence-electron chi connectivity index (χ4n) is 2.73. The Hall–Kier alpha value is -0.710. The summed E-state index contributed by atoms with van der Waals surface area (Å²) in [7, 11) is 0. The van der Waals surface area contributed by atoms with E-state index in [1.165, 1.54) is 0 Å². The zero-order valence-corrected chi connectivity index (χ0v) is 11.3. The molecule has 0 spiro atoms. The van der Waals surface area contributed by atoms with E-state index in [4.69, 9.17) is 0 Å². The summed E-state index contributed by atoms with van der Waals surface area (Å²) in [6.45, 7) is 3.91. The van der Waals surface area contributed by atoms with Crippen LogP contribution in [0.25, 0.3) is 0 Å². The van der Waals surface area contributed by atoms with Crippen LogP contribution in [0.15, 0.2) is 0 Å². The first-order valence-electron chi connectivity index (χ1n) is 6.20. The molecule has 0 N–H and O–H groups in total. The van der Waals surface area contributed by atoms with Gasteiger partial charge in [0.2, 0.25) is 11.8 Å². The van der Waals surface area contributed by atoms with Gasteiger partial charge >= 0.3 is 0 Å². The van der Waals surface area contributed by atoms with Crippen LogP contribution in [-0.2, 0) is 9.59 Å². The van der Waals surface area contributed by atoms with Crippen molar-refractivity contribution in [3.8, 4) is 0 Å². The molecule has 2 atom stereocenters. The highest BCUT2D eigenvalue weighted by Crippen LogP contribution is 2.24. The number of nitrogens with zero attached hydrogens (tertiary/aromatic N) is 2. The summed E-state index contributed by atoms with van der Waals surface area (Å²) < 4.78 is 0. The molecule has 96 valence electrons. The number of carbonyl (C=O) groups excluding carboxylic acids is 2. The average Bonchev–Trinajstić information content (AvgIpc) is 2.75.